The monoisotopic (exact) mass is 430 g/mol. The first-order valence-corrected chi connectivity index (χ1v) is 11.9. The molecule has 0 bridgehead atoms. The summed E-state index contributed by atoms with van der Waals surface area (Å²) in [6, 6.07) is 16.5. The van der Waals surface area contributed by atoms with Crippen LogP contribution in [0.25, 0.3) is 17.1 Å². The number of thioether (sulfide) groups is 1. The van der Waals surface area contributed by atoms with Gasteiger partial charge in [0.15, 0.2) is 11.0 Å². The Morgan fingerprint density at radius 2 is 1.76 bits per heavy atom. The molecule has 4 rings (SSSR count). The molecule has 1 aliphatic rings. The summed E-state index contributed by atoms with van der Waals surface area (Å²) < 4.78 is 29.4. The molecule has 7 nitrogen and oxygen atoms in total. The molecule has 0 aliphatic carbocycles. The zero-order chi connectivity index (χ0) is 20.3. The molecule has 1 saturated heterocycles. The summed E-state index contributed by atoms with van der Waals surface area (Å²) in [7, 11) is -3.52. The number of aromatic nitrogens is 3. The van der Waals surface area contributed by atoms with Crippen LogP contribution in [0.3, 0.4) is 0 Å². The van der Waals surface area contributed by atoms with E-state index in [1.54, 1.807) is 18.2 Å². The minimum atomic E-state index is -3.52. The summed E-state index contributed by atoms with van der Waals surface area (Å²) in [4.78, 5) is 0.268. The van der Waals surface area contributed by atoms with Crippen molar-refractivity contribution in [2.24, 2.45) is 0 Å². The van der Waals surface area contributed by atoms with Crippen molar-refractivity contribution < 1.29 is 13.5 Å². The zero-order valence-electron chi connectivity index (χ0n) is 15.8. The highest BCUT2D eigenvalue weighted by molar-refractivity contribution is 7.99. The van der Waals surface area contributed by atoms with Gasteiger partial charge in [0.1, 0.15) is 0 Å². The minimum absolute atomic E-state index is 0.0329. The largest absolute Gasteiger partial charge is 0.396 e. The SMILES string of the molecule is O=S(=O)(c1cccc(-c2nnc(SCCO)n2-c2ccccc2)c1)N1CCCC1. The second kappa shape index (κ2) is 8.66. The first kappa shape index (κ1) is 20.1. The predicted molar refractivity (Wildman–Crippen MR) is 113 cm³/mol. The van der Waals surface area contributed by atoms with Crippen molar-refractivity contribution >= 4 is 21.8 Å². The Morgan fingerprint density at radius 1 is 1.00 bits per heavy atom. The zero-order valence-corrected chi connectivity index (χ0v) is 17.4. The van der Waals surface area contributed by atoms with E-state index in [2.05, 4.69) is 10.2 Å². The van der Waals surface area contributed by atoms with Crippen molar-refractivity contribution in [2.75, 3.05) is 25.4 Å². The average molecular weight is 431 g/mol. The molecule has 0 amide bonds. The standard InChI is InChI=1S/C20H22N4O3S2/c25-13-14-28-20-22-21-19(24(20)17-8-2-1-3-9-17)16-7-6-10-18(15-16)29(26,27)23-11-4-5-12-23/h1-3,6-10,15,25H,4-5,11-14H2. The van der Waals surface area contributed by atoms with Gasteiger partial charge in [-0.05, 0) is 37.1 Å². The van der Waals surface area contributed by atoms with Gasteiger partial charge in [0, 0.05) is 30.1 Å². The molecule has 1 aliphatic heterocycles. The van der Waals surface area contributed by atoms with E-state index in [9.17, 15) is 13.5 Å². The Morgan fingerprint density at radius 3 is 2.48 bits per heavy atom. The van der Waals surface area contributed by atoms with Gasteiger partial charge in [0.25, 0.3) is 0 Å². The van der Waals surface area contributed by atoms with Crippen molar-refractivity contribution in [3.05, 3.63) is 54.6 Å². The van der Waals surface area contributed by atoms with E-state index in [-0.39, 0.29) is 11.5 Å². The number of aliphatic hydroxyl groups is 1. The van der Waals surface area contributed by atoms with Gasteiger partial charge in [-0.1, -0.05) is 42.1 Å². The third-order valence-electron chi connectivity index (χ3n) is 4.77. The Bertz CT molecular complexity index is 1080. The van der Waals surface area contributed by atoms with E-state index >= 15 is 0 Å². The fraction of sp³-hybridized carbons (Fsp3) is 0.300. The Hall–Kier alpha value is -2.20. The van der Waals surface area contributed by atoms with Crippen LogP contribution in [0.2, 0.25) is 0 Å². The normalized spacial score (nSPS) is 15.1. The number of sulfonamides is 1. The van der Waals surface area contributed by atoms with Crippen LogP contribution < -0.4 is 0 Å². The molecule has 1 aromatic heterocycles. The molecule has 0 radical (unpaired) electrons. The molecule has 3 aromatic rings. The van der Waals surface area contributed by atoms with Gasteiger partial charge in [-0.25, -0.2) is 8.42 Å². The van der Waals surface area contributed by atoms with Crippen LogP contribution in [-0.2, 0) is 10.0 Å². The van der Waals surface area contributed by atoms with Crippen molar-refractivity contribution in [3.8, 4) is 17.1 Å². The molecule has 1 fully saturated rings. The van der Waals surface area contributed by atoms with Gasteiger partial charge in [0.2, 0.25) is 10.0 Å². The molecule has 0 spiro atoms. The lowest BCUT2D eigenvalue weighted by Gasteiger charge is -2.16. The van der Waals surface area contributed by atoms with Crippen LogP contribution in [0, 0.1) is 0 Å². The maximum Gasteiger partial charge on any atom is 0.243 e. The van der Waals surface area contributed by atoms with E-state index in [0.717, 1.165) is 18.5 Å². The second-order valence-electron chi connectivity index (χ2n) is 6.69. The van der Waals surface area contributed by atoms with Gasteiger partial charge in [0.05, 0.1) is 11.5 Å². The van der Waals surface area contributed by atoms with E-state index in [0.29, 0.717) is 35.4 Å². The lowest BCUT2D eigenvalue weighted by molar-refractivity contribution is 0.322. The highest BCUT2D eigenvalue weighted by Gasteiger charge is 2.28. The number of benzene rings is 2. The summed E-state index contributed by atoms with van der Waals surface area (Å²) in [5.74, 6) is 1.06. The average Bonchev–Trinajstić information content (AvgIpc) is 3.43. The van der Waals surface area contributed by atoms with Crippen LogP contribution >= 0.6 is 11.8 Å². The molecule has 9 heteroatoms. The Kier molecular flexibility index (Phi) is 6.00. The van der Waals surface area contributed by atoms with E-state index in [1.165, 1.54) is 16.1 Å². The van der Waals surface area contributed by atoms with Crippen molar-refractivity contribution in [1.29, 1.82) is 0 Å². The number of aliphatic hydroxyl groups excluding tert-OH is 1. The summed E-state index contributed by atoms with van der Waals surface area (Å²) in [5.41, 5.74) is 1.55. The number of rotatable bonds is 7. The van der Waals surface area contributed by atoms with Crippen molar-refractivity contribution in [2.45, 2.75) is 22.9 Å². The molecular formula is C20H22N4O3S2. The van der Waals surface area contributed by atoms with Crippen LogP contribution in [0.1, 0.15) is 12.8 Å². The van der Waals surface area contributed by atoms with Gasteiger partial charge in [-0.15, -0.1) is 10.2 Å². The molecule has 2 heterocycles. The van der Waals surface area contributed by atoms with Crippen LogP contribution in [0.4, 0.5) is 0 Å². The van der Waals surface area contributed by atoms with E-state index in [1.807, 2.05) is 41.0 Å². The highest BCUT2D eigenvalue weighted by atomic mass is 32.2. The number of hydrogen-bond acceptors (Lipinski definition) is 6. The molecule has 1 N–H and O–H groups in total. The molecule has 0 saturated carbocycles. The van der Waals surface area contributed by atoms with E-state index in [4.69, 9.17) is 0 Å². The third kappa shape index (κ3) is 4.09. The predicted octanol–water partition coefficient (Wildman–Crippen LogP) is 2.80. The lowest BCUT2D eigenvalue weighted by Crippen LogP contribution is -2.27. The number of nitrogens with zero attached hydrogens (tertiary/aromatic N) is 4. The number of para-hydroxylation sites is 1. The maximum absolute atomic E-state index is 13.0. The van der Waals surface area contributed by atoms with Gasteiger partial charge >= 0.3 is 0 Å². The van der Waals surface area contributed by atoms with Crippen LogP contribution in [0.5, 0.6) is 0 Å². The van der Waals surface area contributed by atoms with Crippen LogP contribution in [-0.4, -0.2) is 58.0 Å². The molecule has 0 unspecified atom stereocenters. The third-order valence-corrected chi connectivity index (χ3v) is 7.57. The highest BCUT2D eigenvalue weighted by Crippen LogP contribution is 2.30. The molecule has 29 heavy (non-hydrogen) atoms. The lowest BCUT2D eigenvalue weighted by atomic mass is 10.2. The summed E-state index contributed by atoms with van der Waals surface area (Å²) in [5, 5.41) is 18.5. The van der Waals surface area contributed by atoms with Crippen molar-refractivity contribution in [3.63, 3.8) is 0 Å². The van der Waals surface area contributed by atoms with Gasteiger partial charge in [-0.3, -0.25) is 4.57 Å². The first-order valence-electron chi connectivity index (χ1n) is 9.46. The molecular weight excluding hydrogens is 408 g/mol. The smallest absolute Gasteiger partial charge is 0.243 e. The maximum atomic E-state index is 13.0. The molecule has 0 atom stereocenters. The second-order valence-corrected chi connectivity index (χ2v) is 9.69. The van der Waals surface area contributed by atoms with Crippen LogP contribution in [0.15, 0.2) is 64.6 Å². The molecule has 152 valence electrons. The Balaban J connectivity index is 1.78. The Labute approximate surface area is 174 Å². The fourth-order valence-corrected chi connectivity index (χ4v) is 5.63. The van der Waals surface area contributed by atoms with Crippen molar-refractivity contribution in [1.82, 2.24) is 19.1 Å². The summed E-state index contributed by atoms with van der Waals surface area (Å²) in [6.45, 7) is 1.16. The first-order chi connectivity index (χ1) is 14.1. The topological polar surface area (TPSA) is 88.3 Å². The van der Waals surface area contributed by atoms with Gasteiger partial charge < -0.3 is 5.11 Å². The summed E-state index contributed by atoms with van der Waals surface area (Å²) >= 11 is 1.40. The van der Waals surface area contributed by atoms with Gasteiger partial charge in [-0.2, -0.15) is 4.31 Å². The summed E-state index contributed by atoms with van der Waals surface area (Å²) in [6.07, 6.45) is 1.79. The van der Waals surface area contributed by atoms with E-state index < -0.39 is 10.0 Å². The minimum Gasteiger partial charge on any atom is -0.396 e. The fourth-order valence-electron chi connectivity index (χ4n) is 3.37. The number of hydrogen-bond donors (Lipinski definition) is 1. The molecule has 2 aromatic carbocycles. The quantitative estimate of drug-likeness (QED) is 0.580.